The van der Waals surface area contributed by atoms with Crippen molar-refractivity contribution in [2.45, 2.75) is 13.5 Å². The van der Waals surface area contributed by atoms with E-state index in [0.717, 1.165) is 17.9 Å². The van der Waals surface area contributed by atoms with Crippen LogP contribution in [0.25, 0.3) is 0 Å². The molecular weight excluding hydrogens is 138 g/mol. The molecule has 0 fully saturated rings. The molecule has 0 radical (unpaired) electrons. The van der Waals surface area contributed by atoms with Gasteiger partial charge in [-0.25, -0.2) is 0 Å². The SMILES string of the molecule is Cc1cncc(CN(C)C)n1. The van der Waals surface area contributed by atoms with Crippen LogP contribution in [0.2, 0.25) is 0 Å². The van der Waals surface area contributed by atoms with Gasteiger partial charge in [-0.1, -0.05) is 0 Å². The Morgan fingerprint density at radius 1 is 1.36 bits per heavy atom. The first-order valence-electron chi connectivity index (χ1n) is 3.61. The van der Waals surface area contributed by atoms with Crippen molar-refractivity contribution in [3.63, 3.8) is 0 Å². The van der Waals surface area contributed by atoms with Crippen LogP contribution < -0.4 is 0 Å². The van der Waals surface area contributed by atoms with E-state index in [2.05, 4.69) is 14.9 Å². The maximum Gasteiger partial charge on any atom is 0.0729 e. The van der Waals surface area contributed by atoms with Gasteiger partial charge in [-0.3, -0.25) is 9.97 Å². The predicted molar refractivity (Wildman–Crippen MR) is 44.2 cm³/mol. The van der Waals surface area contributed by atoms with Crippen molar-refractivity contribution in [2.75, 3.05) is 14.1 Å². The molecule has 0 aromatic carbocycles. The van der Waals surface area contributed by atoms with Gasteiger partial charge >= 0.3 is 0 Å². The lowest BCUT2D eigenvalue weighted by atomic mass is 10.4. The molecule has 0 aliphatic heterocycles. The molecule has 0 saturated carbocycles. The zero-order valence-electron chi connectivity index (χ0n) is 7.20. The van der Waals surface area contributed by atoms with Crippen LogP contribution >= 0.6 is 0 Å². The fraction of sp³-hybridized carbons (Fsp3) is 0.500. The van der Waals surface area contributed by atoms with Crippen molar-refractivity contribution < 1.29 is 0 Å². The van der Waals surface area contributed by atoms with Gasteiger partial charge in [0, 0.05) is 18.9 Å². The van der Waals surface area contributed by atoms with Gasteiger partial charge in [-0.05, 0) is 21.0 Å². The minimum absolute atomic E-state index is 0.856. The maximum absolute atomic E-state index is 4.31. The van der Waals surface area contributed by atoms with Gasteiger partial charge in [-0.2, -0.15) is 0 Å². The summed E-state index contributed by atoms with van der Waals surface area (Å²) in [5.74, 6) is 0. The number of hydrogen-bond donors (Lipinski definition) is 0. The number of aryl methyl sites for hydroxylation is 1. The van der Waals surface area contributed by atoms with Crippen LogP contribution in [0.1, 0.15) is 11.4 Å². The Bertz CT molecular complexity index is 233. The number of nitrogens with zero attached hydrogens (tertiary/aromatic N) is 3. The number of hydrogen-bond acceptors (Lipinski definition) is 3. The molecule has 0 aliphatic carbocycles. The highest BCUT2D eigenvalue weighted by Crippen LogP contribution is 1.96. The quantitative estimate of drug-likeness (QED) is 0.627. The zero-order chi connectivity index (χ0) is 8.27. The molecule has 1 rings (SSSR count). The minimum atomic E-state index is 0.856. The minimum Gasteiger partial charge on any atom is -0.304 e. The smallest absolute Gasteiger partial charge is 0.0729 e. The fourth-order valence-electron chi connectivity index (χ4n) is 0.916. The van der Waals surface area contributed by atoms with Gasteiger partial charge < -0.3 is 4.90 Å². The highest BCUT2D eigenvalue weighted by molar-refractivity contribution is 5.00. The Balaban J connectivity index is 2.71. The maximum atomic E-state index is 4.31. The molecule has 0 spiro atoms. The zero-order valence-corrected chi connectivity index (χ0v) is 7.20. The lowest BCUT2D eigenvalue weighted by molar-refractivity contribution is 0.395. The summed E-state index contributed by atoms with van der Waals surface area (Å²) in [6.07, 6.45) is 3.56. The second-order valence-corrected chi connectivity index (χ2v) is 2.89. The topological polar surface area (TPSA) is 29.0 Å². The van der Waals surface area contributed by atoms with E-state index in [0.29, 0.717) is 0 Å². The third-order valence-corrected chi connectivity index (χ3v) is 1.28. The highest BCUT2D eigenvalue weighted by atomic mass is 15.1. The van der Waals surface area contributed by atoms with E-state index in [1.807, 2.05) is 21.0 Å². The summed E-state index contributed by atoms with van der Waals surface area (Å²) in [7, 11) is 4.04. The van der Waals surface area contributed by atoms with Crippen LogP contribution in [0.5, 0.6) is 0 Å². The van der Waals surface area contributed by atoms with Crippen LogP contribution in [0.4, 0.5) is 0 Å². The molecule has 1 aromatic heterocycles. The van der Waals surface area contributed by atoms with Crippen molar-refractivity contribution >= 4 is 0 Å². The summed E-state index contributed by atoms with van der Waals surface area (Å²) in [5, 5.41) is 0. The normalized spacial score (nSPS) is 10.5. The molecule has 0 atom stereocenters. The molecular formula is C8H13N3. The summed E-state index contributed by atoms with van der Waals surface area (Å²) in [6.45, 7) is 2.81. The molecule has 0 saturated heterocycles. The first kappa shape index (κ1) is 8.14. The van der Waals surface area contributed by atoms with Gasteiger partial charge in [0.2, 0.25) is 0 Å². The van der Waals surface area contributed by atoms with Gasteiger partial charge in [-0.15, -0.1) is 0 Å². The number of aromatic nitrogens is 2. The average Bonchev–Trinajstić information content (AvgIpc) is 1.85. The molecule has 0 aliphatic rings. The third kappa shape index (κ3) is 2.63. The Hall–Kier alpha value is -0.960. The highest BCUT2D eigenvalue weighted by Gasteiger charge is 1.95. The summed E-state index contributed by atoms with van der Waals surface area (Å²) in [4.78, 5) is 10.4. The standard InChI is InChI=1S/C8H13N3/c1-7-4-9-5-8(10-7)6-11(2)3/h4-5H,6H2,1-3H3. The van der Waals surface area contributed by atoms with Crippen LogP contribution in [-0.4, -0.2) is 29.0 Å². The average molecular weight is 151 g/mol. The monoisotopic (exact) mass is 151 g/mol. The second-order valence-electron chi connectivity index (χ2n) is 2.89. The van der Waals surface area contributed by atoms with E-state index in [-0.39, 0.29) is 0 Å². The largest absolute Gasteiger partial charge is 0.304 e. The molecule has 11 heavy (non-hydrogen) atoms. The Kier molecular flexibility index (Phi) is 2.54. The van der Waals surface area contributed by atoms with Gasteiger partial charge in [0.1, 0.15) is 0 Å². The summed E-state index contributed by atoms with van der Waals surface area (Å²) >= 11 is 0. The van der Waals surface area contributed by atoms with Crippen molar-refractivity contribution in [1.29, 1.82) is 0 Å². The molecule has 0 unspecified atom stereocenters. The van der Waals surface area contributed by atoms with Crippen molar-refractivity contribution in [3.8, 4) is 0 Å². The third-order valence-electron chi connectivity index (χ3n) is 1.28. The summed E-state index contributed by atoms with van der Waals surface area (Å²) in [6, 6.07) is 0. The van der Waals surface area contributed by atoms with Crippen molar-refractivity contribution in [1.82, 2.24) is 14.9 Å². The molecule has 3 heteroatoms. The van der Waals surface area contributed by atoms with Gasteiger partial charge in [0.15, 0.2) is 0 Å². The van der Waals surface area contributed by atoms with Crippen LogP contribution in [0.3, 0.4) is 0 Å². The second kappa shape index (κ2) is 3.44. The molecule has 0 N–H and O–H groups in total. The fourth-order valence-corrected chi connectivity index (χ4v) is 0.916. The summed E-state index contributed by atoms with van der Waals surface area (Å²) < 4.78 is 0. The lowest BCUT2D eigenvalue weighted by Crippen LogP contribution is -2.12. The van der Waals surface area contributed by atoms with E-state index < -0.39 is 0 Å². The molecule has 3 nitrogen and oxygen atoms in total. The van der Waals surface area contributed by atoms with Gasteiger partial charge in [0.25, 0.3) is 0 Å². The first-order chi connectivity index (χ1) is 5.18. The Labute approximate surface area is 67.1 Å². The predicted octanol–water partition coefficient (Wildman–Crippen LogP) is 0.847. The molecule has 1 aromatic rings. The molecule has 60 valence electrons. The Morgan fingerprint density at radius 3 is 2.64 bits per heavy atom. The summed E-state index contributed by atoms with van der Waals surface area (Å²) in [5.41, 5.74) is 2.00. The van der Waals surface area contributed by atoms with E-state index in [1.54, 1.807) is 12.4 Å². The first-order valence-corrected chi connectivity index (χ1v) is 3.61. The van der Waals surface area contributed by atoms with Crippen molar-refractivity contribution in [3.05, 3.63) is 23.8 Å². The molecule has 0 amide bonds. The van der Waals surface area contributed by atoms with Crippen LogP contribution in [-0.2, 0) is 6.54 Å². The molecule has 0 bridgehead atoms. The van der Waals surface area contributed by atoms with E-state index in [9.17, 15) is 0 Å². The Morgan fingerprint density at radius 2 is 2.09 bits per heavy atom. The molecule has 1 heterocycles. The van der Waals surface area contributed by atoms with E-state index in [1.165, 1.54) is 0 Å². The van der Waals surface area contributed by atoms with Crippen LogP contribution in [0, 0.1) is 6.92 Å². The van der Waals surface area contributed by atoms with Crippen molar-refractivity contribution in [2.24, 2.45) is 0 Å². The van der Waals surface area contributed by atoms with Gasteiger partial charge in [0.05, 0.1) is 11.4 Å². The number of rotatable bonds is 2. The van der Waals surface area contributed by atoms with E-state index in [4.69, 9.17) is 0 Å². The van der Waals surface area contributed by atoms with E-state index >= 15 is 0 Å². The lowest BCUT2D eigenvalue weighted by Gasteiger charge is -2.07. The van der Waals surface area contributed by atoms with Crippen LogP contribution in [0.15, 0.2) is 12.4 Å².